The Balaban J connectivity index is 1.50. The Labute approximate surface area is 167 Å². The zero-order valence-corrected chi connectivity index (χ0v) is 17.1. The second-order valence-electron chi connectivity index (χ2n) is 7.28. The number of hydrogen-bond acceptors (Lipinski definition) is 6. The van der Waals surface area contributed by atoms with Crippen molar-refractivity contribution in [3.8, 4) is 0 Å². The summed E-state index contributed by atoms with van der Waals surface area (Å²) in [5, 5.41) is 3.36. The van der Waals surface area contributed by atoms with Crippen LogP contribution in [0.4, 0.5) is 5.69 Å². The molecule has 1 saturated heterocycles. The zero-order valence-electron chi connectivity index (χ0n) is 16.3. The van der Waals surface area contributed by atoms with Crippen LogP contribution < -0.4 is 10.5 Å². The topological polar surface area (TPSA) is 71.3 Å². The van der Waals surface area contributed by atoms with E-state index >= 15 is 0 Å². The Morgan fingerprint density at radius 3 is 2.57 bits per heavy atom. The molecule has 0 radical (unpaired) electrons. The molecule has 0 atom stereocenters. The maximum absolute atomic E-state index is 12.6. The number of benzene rings is 1. The first-order chi connectivity index (χ1) is 13.4. The van der Waals surface area contributed by atoms with Crippen LogP contribution in [0.3, 0.4) is 0 Å². The number of carbonyl (C=O) groups excluding carboxylic acids is 1. The van der Waals surface area contributed by atoms with E-state index < -0.39 is 0 Å². The zero-order chi connectivity index (χ0) is 19.8. The highest BCUT2D eigenvalue weighted by molar-refractivity contribution is 7.09. The first-order valence-corrected chi connectivity index (χ1v) is 10.3. The first-order valence-electron chi connectivity index (χ1n) is 9.41. The average Bonchev–Trinajstić information content (AvgIpc) is 3.13. The quantitative estimate of drug-likeness (QED) is 0.680. The summed E-state index contributed by atoms with van der Waals surface area (Å²) in [6, 6.07) is 5.87. The van der Waals surface area contributed by atoms with Crippen molar-refractivity contribution in [2.24, 2.45) is 0 Å². The molecule has 0 spiro atoms. The fourth-order valence-electron chi connectivity index (χ4n) is 3.48. The van der Waals surface area contributed by atoms with E-state index in [1.165, 1.54) is 11.3 Å². The molecule has 3 aromatic rings. The van der Waals surface area contributed by atoms with Gasteiger partial charge in [-0.05, 0) is 39.0 Å². The molecule has 0 saturated carbocycles. The molecule has 0 unspecified atom stereocenters. The molecule has 3 heterocycles. The normalized spacial score (nSPS) is 14.9. The van der Waals surface area contributed by atoms with Crippen molar-refractivity contribution in [3.63, 3.8) is 0 Å². The highest BCUT2D eigenvalue weighted by Crippen LogP contribution is 2.21. The predicted molar refractivity (Wildman–Crippen MR) is 111 cm³/mol. The van der Waals surface area contributed by atoms with E-state index in [1.807, 2.05) is 49.3 Å². The van der Waals surface area contributed by atoms with Crippen LogP contribution in [0.25, 0.3) is 10.9 Å². The number of nitrogens with zero attached hydrogens (tertiary/aromatic N) is 5. The van der Waals surface area contributed by atoms with Gasteiger partial charge >= 0.3 is 0 Å². The number of thiazole rings is 1. The van der Waals surface area contributed by atoms with Crippen LogP contribution in [0.1, 0.15) is 35.4 Å². The molecule has 28 heavy (non-hydrogen) atoms. The maximum Gasteiger partial charge on any atom is 0.273 e. The Bertz CT molecular complexity index is 1080. The molecule has 1 aromatic carbocycles. The Kier molecular flexibility index (Phi) is 4.89. The number of carbonyl (C=O) groups is 1. The third kappa shape index (κ3) is 3.40. The number of anilines is 1. The minimum absolute atomic E-state index is 0.00147. The van der Waals surface area contributed by atoms with Gasteiger partial charge in [0, 0.05) is 43.3 Å². The summed E-state index contributed by atoms with van der Waals surface area (Å²) < 4.78 is 1.65. The van der Waals surface area contributed by atoms with Gasteiger partial charge in [-0.25, -0.2) is 9.97 Å². The first kappa shape index (κ1) is 18.6. The lowest BCUT2D eigenvalue weighted by molar-refractivity contribution is 0.0741. The Hall–Kier alpha value is -2.74. The maximum atomic E-state index is 12.6. The van der Waals surface area contributed by atoms with Gasteiger partial charge in [0.15, 0.2) is 0 Å². The summed E-state index contributed by atoms with van der Waals surface area (Å²) in [5.41, 5.74) is 2.25. The number of rotatable bonds is 3. The third-order valence-electron chi connectivity index (χ3n) is 5.09. The second-order valence-corrected chi connectivity index (χ2v) is 8.35. The van der Waals surface area contributed by atoms with Crippen molar-refractivity contribution in [3.05, 3.63) is 51.0 Å². The molecular weight excluding hydrogens is 374 g/mol. The minimum Gasteiger partial charge on any atom is -0.368 e. The van der Waals surface area contributed by atoms with E-state index in [0.717, 1.165) is 23.8 Å². The van der Waals surface area contributed by atoms with E-state index in [-0.39, 0.29) is 17.5 Å². The van der Waals surface area contributed by atoms with E-state index in [1.54, 1.807) is 10.9 Å². The lowest BCUT2D eigenvalue weighted by Crippen LogP contribution is -2.48. The van der Waals surface area contributed by atoms with Gasteiger partial charge in [0.2, 0.25) is 0 Å². The monoisotopic (exact) mass is 397 g/mol. The van der Waals surface area contributed by atoms with Crippen molar-refractivity contribution in [1.29, 1.82) is 0 Å². The van der Waals surface area contributed by atoms with Crippen LogP contribution in [0.15, 0.2) is 34.7 Å². The SMILES string of the molecule is Cc1nc(C(=O)N2CCN(c3ccc4c(=O)n(C(C)C)cnc4c3)CC2)cs1. The van der Waals surface area contributed by atoms with Crippen molar-refractivity contribution in [2.75, 3.05) is 31.1 Å². The summed E-state index contributed by atoms with van der Waals surface area (Å²) in [6.45, 7) is 8.62. The number of fused-ring (bicyclic) bond motifs is 1. The molecule has 0 N–H and O–H groups in total. The van der Waals surface area contributed by atoms with Crippen LogP contribution in [-0.2, 0) is 0 Å². The summed E-state index contributed by atoms with van der Waals surface area (Å²) in [6.07, 6.45) is 1.62. The number of aromatic nitrogens is 3. The van der Waals surface area contributed by atoms with E-state index in [4.69, 9.17) is 0 Å². The summed E-state index contributed by atoms with van der Waals surface area (Å²) in [5.74, 6) is -0.00147. The fourth-order valence-corrected chi connectivity index (χ4v) is 4.07. The van der Waals surface area contributed by atoms with Gasteiger partial charge in [0.25, 0.3) is 11.5 Å². The second kappa shape index (κ2) is 7.35. The van der Waals surface area contributed by atoms with Gasteiger partial charge in [0.05, 0.1) is 22.2 Å². The molecule has 0 bridgehead atoms. The largest absolute Gasteiger partial charge is 0.368 e. The van der Waals surface area contributed by atoms with Crippen LogP contribution in [0.2, 0.25) is 0 Å². The number of amides is 1. The van der Waals surface area contributed by atoms with Crippen molar-refractivity contribution < 1.29 is 4.79 Å². The molecule has 1 amide bonds. The molecule has 1 fully saturated rings. The highest BCUT2D eigenvalue weighted by atomic mass is 32.1. The smallest absolute Gasteiger partial charge is 0.273 e. The molecule has 8 heteroatoms. The van der Waals surface area contributed by atoms with Gasteiger partial charge in [-0.3, -0.25) is 14.2 Å². The molecule has 4 rings (SSSR count). The Morgan fingerprint density at radius 2 is 1.93 bits per heavy atom. The average molecular weight is 398 g/mol. The standard InChI is InChI=1S/C20H23N5O2S/c1-13(2)25-12-21-17-10-15(4-5-16(17)19(25)26)23-6-8-24(9-7-23)20(27)18-11-28-14(3)22-18/h4-5,10-13H,6-9H2,1-3H3. The minimum atomic E-state index is -0.0134. The lowest BCUT2D eigenvalue weighted by atomic mass is 10.2. The lowest BCUT2D eigenvalue weighted by Gasteiger charge is -2.35. The molecular formula is C20H23N5O2S. The summed E-state index contributed by atoms with van der Waals surface area (Å²) in [7, 11) is 0. The van der Waals surface area contributed by atoms with Gasteiger partial charge in [-0.1, -0.05) is 0 Å². The van der Waals surface area contributed by atoms with Crippen molar-refractivity contribution in [2.45, 2.75) is 26.8 Å². The number of piperazine rings is 1. The molecule has 1 aliphatic heterocycles. The number of aryl methyl sites for hydroxylation is 1. The third-order valence-corrected chi connectivity index (χ3v) is 5.87. The van der Waals surface area contributed by atoms with Crippen LogP contribution >= 0.6 is 11.3 Å². The van der Waals surface area contributed by atoms with E-state index in [2.05, 4.69) is 14.9 Å². The molecule has 146 valence electrons. The highest BCUT2D eigenvalue weighted by Gasteiger charge is 2.24. The Morgan fingerprint density at radius 1 is 1.18 bits per heavy atom. The van der Waals surface area contributed by atoms with Gasteiger partial charge in [-0.2, -0.15) is 0 Å². The molecule has 2 aromatic heterocycles. The van der Waals surface area contributed by atoms with Crippen molar-refractivity contribution >= 4 is 33.8 Å². The van der Waals surface area contributed by atoms with E-state index in [9.17, 15) is 9.59 Å². The van der Waals surface area contributed by atoms with Gasteiger partial charge < -0.3 is 9.80 Å². The summed E-state index contributed by atoms with van der Waals surface area (Å²) in [4.78, 5) is 38.0. The molecule has 7 nitrogen and oxygen atoms in total. The van der Waals surface area contributed by atoms with Crippen molar-refractivity contribution in [1.82, 2.24) is 19.4 Å². The fraction of sp³-hybridized carbons (Fsp3) is 0.400. The van der Waals surface area contributed by atoms with Gasteiger partial charge in [0.1, 0.15) is 5.69 Å². The summed E-state index contributed by atoms with van der Waals surface area (Å²) >= 11 is 1.50. The molecule has 1 aliphatic rings. The molecule has 0 aliphatic carbocycles. The predicted octanol–water partition coefficient (Wildman–Crippen LogP) is 2.70. The van der Waals surface area contributed by atoms with Crippen LogP contribution in [0.5, 0.6) is 0 Å². The van der Waals surface area contributed by atoms with Gasteiger partial charge in [-0.15, -0.1) is 11.3 Å². The van der Waals surface area contributed by atoms with E-state index in [0.29, 0.717) is 29.7 Å². The van der Waals surface area contributed by atoms with Crippen LogP contribution in [-0.4, -0.2) is 51.5 Å². The van der Waals surface area contributed by atoms with Crippen LogP contribution in [0, 0.1) is 6.92 Å². The number of hydrogen-bond donors (Lipinski definition) is 0.